The Morgan fingerprint density at radius 2 is 1.00 bits per heavy atom. The zero-order valence-corrected chi connectivity index (χ0v) is 14.0. The summed E-state index contributed by atoms with van der Waals surface area (Å²) in [6.07, 6.45) is 0. The van der Waals surface area contributed by atoms with Crippen LogP contribution in [0.4, 0.5) is 0 Å². The van der Waals surface area contributed by atoms with Gasteiger partial charge in [0.1, 0.15) is 0 Å². The van der Waals surface area contributed by atoms with Crippen LogP contribution >= 0.6 is 31.9 Å². The smallest absolute Gasteiger partial charge is 0.0285 e. The minimum Gasteiger partial charge on any atom is -0.0876 e. The van der Waals surface area contributed by atoms with E-state index in [4.69, 9.17) is 0 Å². The summed E-state index contributed by atoms with van der Waals surface area (Å²) in [4.78, 5) is 0. The van der Waals surface area contributed by atoms with Gasteiger partial charge >= 0.3 is 0 Å². The molecule has 18 heavy (non-hydrogen) atoms. The minimum absolute atomic E-state index is 0.958. The van der Waals surface area contributed by atoms with Gasteiger partial charge < -0.3 is 0 Å². The lowest BCUT2D eigenvalue weighted by atomic mass is 10.1. The van der Waals surface area contributed by atoms with E-state index in [0.717, 1.165) is 10.7 Å². The lowest BCUT2D eigenvalue weighted by Gasteiger charge is -1.97. The number of aryl methyl sites for hydroxylation is 2. The topological polar surface area (TPSA) is 0 Å². The summed E-state index contributed by atoms with van der Waals surface area (Å²) in [7, 11) is 0. The molecule has 0 spiro atoms. The average molecular weight is 370 g/mol. The first-order valence-corrected chi connectivity index (χ1v) is 8.14. The lowest BCUT2D eigenvalue weighted by molar-refractivity contribution is 1.32. The van der Waals surface area contributed by atoms with Crippen molar-refractivity contribution in [1.82, 2.24) is 0 Å². The Morgan fingerprint density at radius 3 is 1.22 bits per heavy atom. The highest BCUT2D eigenvalue weighted by Gasteiger charge is 1.91. The molecule has 0 saturated carbocycles. The van der Waals surface area contributed by atoms with Gasteiger partial charge in [-0.25, -0.2) is 0 Å². The molecule has 0 fully saturated rings. The van der Waals surface area contributed by atoms with E-state index in [1.165, 1.54) is 22.3 Å². The summed E-state index contributed by atoms with van der Waals surface area (Å²) in [5, 5.41) is 1.92. The van der Waals surface area contributed by atoms with Crippen LogP contribution in [0.1, 0.15) is 22.3 Å². The maximum Gasteiger partial charge on any atom is 0.0285 e. The summed E-state index contributed by atoms with van der Waals surface area (Å²) in [6.45, 7) is 4.24. The number of alkyl halides is 2. The van der Waals surface area contributed by atoms with Gasteiger partial charge in [-0.15, -0.1) is 0 Å². The van der Waals surface area contributed by atoms with E-state index in [1.54, 1.807) is 0 Å². The van der Waals surface area contributed by atoms with Crippen molar-refractivity contribution in [2.45, 2.75) is 24.5 Å². The molecule has 2 aromatic rings. The fraction of sp³-hybridized carbons (Fsp3) is 0.250. The summed E-state index contributed by atoms with van der Waals surface area (Å²) in [5.41, 5.74) is 5.46. The molecule has 0 saturated heterocycles. The highest BCUT2D eigenvalue weighted by Crippen LogP contribution is 2.10. The molecule has 2 heteroatoms. The maximum atomic E-state index is 3.41. The van der Waals surface area contributed by atoms with Gasteiger partial charge in [0, 0.05) is 10.7 Å². The van der Waals surface area contributed by atoms with Crippen molar-refractivity contribution in [2.75, 3.05) is 0 Å². The Hall–Kier alpha value is -0.600. The minimum atomic E-state index is 0.958. The summed E-state index contributed by atoms with van der Waals surface area (Å²) >= 11 is 6.82. The Kier molecular flexibility index (Phi) is 7.29. The zero-order chi connectivity index (χ0) is 13.4. The monoisotopic (exact) mass is 368 g/mol. The van der Waals surface area contributed by atoms with Gasteiger partial charge in [-0.3, -0.25) is 0 Å². The van der Waals surface area contributed by atoms with Gasteiger partial charge in [0.2, 0.25) is 0 Å². The second kappa shape index (κ2) is 8.49. The van der Waals surface area contributed by atoms with Crippen molar-refractivity contribution in [3.8, 4) is 0 Å². The van der Waals surface area contributed by atoms with Gasteiger partial charge in [-0.05, 0) is 36.1 Å². The van der Waals surface area contributed by atoms with Crippen LogP contribution in [0, 0.1) is 13.8 Å². The zero-order valence-electron chi connectivity index (χ0n) is 10.8. The molecule has 0 heterocycles. The molecule has 0 amide bonds. The molecule has 0 aliphatic rings. The highest BCUT2D eigenvalue weighted by atomic mass is 79.9. The molecule has 2 aromatic carbocycles. The largest absolute Gasteiger partial charge is 0.0876 e. The van der Waals surface area contributed by atoms with Crippen molar-refractivity contribution >= 4 is 31.9 Å². The van der Waals surface area contributed by atoms with E-state index in [1.807, 2.05) is 0 Å². The van der Waals surface area contributed by atoms with Crippen LogP contribution in [0.15, 0.2) is 48.5 Å². The molecule has 0 N–H and O–H groups in total. The first kappa shape index (κ1) is 15.5. The predicted octanol–water partition coefficient (Wildman–Crippen LogP) is 5.78. The molecule has 96 valence electrons. The van der Waals surface area contributed by atoms with Gasteiger partial charge in [-0.2, -0.15) is 0 Å². The van der Waals surface area contributed by atoms with Crippen LogP contribution < -0.4 is 0 Å². The van der Waals surface area contributed by atoms with Crippen molar-refractivity contribution in [3.63, 3.8) is 0 Å². The first-order chi connectivity index (χ1) is 8.69. The quantitative estimate of drug-likeness (QED) is 0.588. The van der Waals surface area contributed by atoms with Gasteiger partial charge in [0.25, 0.3) is 0 Å². The third kappa shape index (κ3) is 4.95. The van der Waals surface area contributed by atoms with E-state index in [2.05, 4.69) is 94.2 Å². The van der Waals surface area contributed by atoms with Crippen LogP contribution in [0.3, 0.4) is 0 Å². The van der Waals surface area contributed by atoms with Crippen LogP contribution in [-0.2, 0) is 10.7 Å². The molecule has 0 radical (unpaired) electrons. The van der Waals surface area contributed by atoms with Crippen molar-refractivity contribution < 1.29 is 0 Å². The van der Waals surface area contributed by atoms with E-state index >= 15 is 0 Å². The fourth-order valence-corrected chi connectivity index (χ4v) is 2.78. The average Bonchev–Trinajstić information content (AvgIpc) is 2.41. The Balaban J connectivity index is 0.000000180. The van der Waals surface area contributed by atoms with Crippen LogP contribution in [-0.4, -0.2) is 0 Å². The molecule has 0 nitrogen and oxygen atoms in total. The lowest BCUT2D eigenvalue weighted by Crippen LogP contribution is -1.80. The molecule has 2 rings (SSSR count). The number of rotatable bonds is 2. The normalized spacial score (nSPS) is 9.56. The standard InChI is InChI=1S/2C8H9Br/c2*1-7-4-2-3-5-8(7)6-9/h2*2-5H,6H2,1H3. The summed E-state index contributed by atoms with van der Waals surface area (Å²) in [5.74, 6) is 0. The number of benzene rings is 2. The second-order valence-electron chi connectivity index (χ2n) is 4.12. The maximum absolute atomic E-state index is 3.41. The van der Waals surface area contributed by atoms with E-state index in [-0.39, 0.29) is 0 Å². The molecule has 0 aromatic heterocycles. The summed E-state index contributed by atoms with van der Waals surface area (Å²) in [6, 6.07) is 16.7. The Bertz CT molecular complexity index is 433. The first-order valence-electron chi connectivity index (χ1n) is 5.90. The molecule has 0 atom stereocenters. The fourth-order valence-electron chi connectivity index (χ4n) is 1.52. The number of halogens is 2. The van der Waals surface area contributed by atoms with Gasteiger partial charge in [-0.1, -0.05) is 80.4 Å². The molecule has 0 bridgehead atoms. The molecule has 0 aliphatic heterocycles. The number of hydrogen-bond acceptors (Lipinski definition) is 0. The third-order valence-corrected chi connectivity index (χ3v) is 4.02. The Morgan fingerprint density at radius 1 is 0.667 bits per heavy atom. The number of hydrogen-bond donors (Lipinski definition) is 0. The van der Waals surface area contributed by atoms with Crippen molar-refractivity contribution in [1.29, 1.82) is 0 Å². The molecule has 0 unspecified atom stereocenters. The second-order valence-corrected chi connectivity index (χ2v) is 5.24. The molecule has 0 aliphatic carbocycles. The summed E-state index contributed by atoms with van der Waals surface area (Å²) < 4.78 is 0. The predicted molar refractivity (Wildman–Crippen MR) is 87.6 cm³/mol. The molecular formula is C16H18Br2. The van der Waals surface area contributed by atoms with E-state index in [0.29, 0.717) is 0 Å². The van der Waals surface area contributed by atoms with Gasteiger partial charge in [0.15, 0.2) is 0 Å². The van der Waals surface area contributed by atoms with Gasteiger partial charge in [0.05, 0.1) is 0 Å². The van der Waals surface area contributed by atoms with Crippen LogP contribution in [0.5, 0.6) is 0 Å². The SMILES string of the molecule is Cc1ccccc1CBr.Cc1ccccc1CBr. The molecular weight excluding hydrogens is 352 g/mol. The Labute approximate surface area is 127 Å². The van der Waals surface area contributed by atoms with E-state index in [9.17, 15) is 0 Å². The third-order valence-electron chi connectivity index (χ3n) is 2.81. The van der Waals surface area contributed by atoms with Crippen molar-refractivity contribution in [3.05, 3.63) is 70.8 Å². The van der Waals surface area contributed by atoms with Crippen LogP contribution in [0.25, 0.3) is 0 Å². The van der Waals surface area contributed by atoms with Crippen LogP contribution in [0.2, 0.25) is 0 Å². The van der Waals surface area contributed by atoms with Crippen molar-refractivity contribution in [2.24, 2.45) is 0 Å². The highest BCUT2D eigenvalue weighted by molar-refractivity contribution is 9.08. The van der Waals surface area contributed by atoms with E-state index < -0.39 is 0 Å².